The molecule has 138 valence electrons. The third-order valence-electron chi connectivity index (χ3n) is 4.20. The van der Waals surface area contributed by atoms with E-state index in [0.717, 1.165) is 30.6 Å². The summed E-state index contributed by atoms with van der Waals surface area (Å²) in [7, 11) is 0. The van der Waals surface area contributed by atoms with Crippen LogP contribution in [-0.2, 0) is 13.0 Å². The molecule has 27 heavy (non-hydrogen) atoms. The van der Waals surface area contributed by atoms with Crippen LogP contribution in [0, 0.1) is 0 Å². The Morgan fingerprint density at radius 1 is 1.00 bits per heavy atom. The van der Waals surface area contributed by atoms with E-state index < -0.39 is 0 Å². The summed E-state index contributed by atoms with van der Waals surface area (Å²) in [5, 5.41) is 6.85. The van der Waals surface area contributed by atoms with E-state index in [1.165, 1.54) is 5.56 Å². The fraction of sp³-hybridized carbons (Fsp3) is 0.182. The van der Waals surface area contributed by atoms with Crippen LogP contribution in [0.1, 0.15) is 28.0 Å². The van der Waals surface area contributed by atoms with Crippen molar-refractivity contribution in [1.29, 1.82) is 0 Å². The number of nitrogens with zero attached hydrogens (tertiary/aromatic N) is 1. The van der Waals surface area contributed by atoms with Gasteiger partial charge in [0.15, 0.2) is 0 Å². The summed E-state index contributed by atoms with van der Waals surface area (Å²) in [6, 6.07) is 21.5. The summed E-state index contributed by atoms with van der Waals surface area (Å²) in [5.74, 6) is -0.220. The molecule has 0 spiro atoms. The van der Waals surface area contributed by atoms with Crippen LogP contribution < -0.4 is 10.6 Å². The van der Waals surface area contributed by atoms with Crippen molar-refractivity contribution in [3.8, 4) is 0 Å². The predicted molar refractivity (Wildman–Crippen MR) is 110 cm³/mol. The molecule has 0 aliphatic carbocycles. The van der Waals surface area contributed by atoms with Crippen LogP contribution in [0.2, 0.25) is 5.02 Å². The lowest BCUT2D eigenvalue weighted by atomic mass is 10.1. The highest BCUT2D eigenvalue weighted by Crippen LogP contribution is 2.15. The molecule has 0 saturated carbocycles. The fourth-order valence-electron chi connectivity index (χ4n) is 2.74. The number of anilines is 1. The largest absolute Gasteiger partial charge is 0.385 e. The van der Waals surface area contributed by atoms with Crippen LogP contribution in [-0.4, -0.2) is 17.4 Å². The Labute approximate surface area is 164 Å². The molecule has 4 nitrogen and oxygen atoms in total. The second-order valence-corrected chi connectivity index (χ2v) is 6.63. The van der Waals surface area contributed by atoms with E-state index in [-0.39, 0.29) is 5.91 Å². The first-order chi connectivity index (χ1) is 13.2. The summed E-state index contributed by atoms with van der Waals surface area (Å²) >= 11 is 6.12. The topological polar surface area (TPSA) is 54.0 Å². The van der Waals surface area contributed by atoms with Crippen molar-refractivity contribution in [2.75, 3.05) is 11.9 Å². The van der Waals surface area contributed by atoms with Crippen LogP contribution in [0.4, 0.5) is 5.69 Å². The summed E-state index contributed by atoms with van der Waals surface area (Å²) in [5.41, 5.74) is 3.48. The molecule has 0 radical (unpaired) electrons. The summed E-state index contributed by atoms with van der Waals surface area (Å²) in [6.07, 6.45) is 3.68. The van der Waals surface area contributed by atoms with Crippen molar-refractivity contribution in [2.45, 2.75) is 19.4 Å². The van der Waals surface area contributed by atoms with E-state index >= 15 is 0 Å². The van der Waals surface area contributed by atoms with Crippen molar-refractivity contribution in [3.63, 3.8) is 0 Å². The molecular weight excluding hydrogens is 358 g/mol. The van der Waals surface area contributed by atoms with Gasteiger partial charge >= 0.3 is 0 Å². The molecule has 0 aliphatic rings. The Kier molecular flexibility index (Phi) is 6.83. The number of carbonyl (C=O) groups excluding carboxylic acids is 1. The molecule has 3 aromatic rings. The van der Waals surface area contributed by atoms with Gasteiger partial charge in [0.05, 0.1) is 0 Å². The summed E-state index contributed by atoms with van der Waals surface area (Å²) in [6.45, 7) is 1.20. The molecule has 0 fully saturated rings. The van der Waals surface area contributed by atoms with E-state index in [1.807, 2.05) is 30.3 Å². The fourth-order valence-corrected chi connectivity index (χ4v) is 2.94. The molecule has 0 unspecified atom stereocenters. The molecule has 3 rings (SSSR count). The summed E-state index contributed by atoms with van der Waals surface area (Å²) < 4.78 is 0. The number of benzene rings is 2. The molecule has 1 aromatic heterocycles. The Morgan fingerprint density at radius 3 is 2.59 bits per heavy atom. The van der Waals surface area contributed by atoms with E-state index in [9.17, 15) is 4.79 Å². The number of pyridine rings is 1. The third-order valence-corrected chi connectivity index (χ3v) is 4.57. The number of rotatable bonds is 8. The lowest BCUT2D eigenvalue weighted by molar-refractivity contribution is 0.0946. The van der Waals surface area contributed by atoms with Gasteiger partial charge in [0, 0.05) is 30.0 Å². The van der Waals surface area contributed by atoms with Crippen molar-refractivity contribution < 1.29 is 4.79 Å². The lowest BCUT2D eigenvalue weighted by Gasteiger charge is -2.09. The van der Waals surface area contributed by atoms with Gasteiger partial charge in [-0.15, -0.1) is 0 Å². The zero-order valence-corrected chi connectivity index (χ0v) is 15.7. The number of hydrogen-bond donors (Lipinski definition) is 2. The van der Waals surface area contributed by atoms with Gasteiger partial charge in [-0.2, -0.15) is 0 Å². The van der Waals surface area contributed by atoms with E-state index in [1.54, 1.807) is 18.3 Å². The second-order valence-electron chi connectivity index (χ2n) is 6.22. The highest BCUT2D eigenvalue weighted by Gasteiger charge is 2.08. The quantitative estimate of drug-likeness (QED) is 0.557. The first kappa shape index (κ1) is 18.9. The minimum atomic E-state index is -0.220. The van der Waals surface area contributed by atoms with Crippen molar-refractivity contribution >= 4 is 23.2 Å². The Morgan fingerprint density at radius 2 is 1.78 bits per heavy atom. The maximum atomic E-state index is 12.4. The molecule has 0 atom stereocenters. The molecule has 2 N–H and O–H groups in total. The zero-order chi connectivity index (χ0) is 18.9. The van der Waals surface area contributed by atoms with Gasteiger partial charge in [0.1, 0.15) is 5.69 Å². The maximum absolute atomic E-state index is 12.4. The maximum Gasteiger partial charge on any atom is 0.270 e. The first-order valence-corrected chi connectivity index (χ1v) is 9.35. The normalized spacial score (nSPS) is 10.4. The monoisotopic (exact) mass is 379 g/mol. The van der Waals surface area contributed by atoms with Gasteiger partial charge in [-0.1, -0.05) is 60.1 Å². The Balaban J connectivity index is 1.49. The molecule has 1 heterocycles. The van der Waals surface area contributed by atoms with Crippen LogP contribution in [0.3, 0.4) is 0 Å². The number of halogens is 1. The van der Waals surface area contributed by atoms with Crippen LogP contribution in [0.5, 0.6) is 0 Å². The number of aryl methyl sites for hydroxylation is 1. The number of hydrogen-bond acceptors (Lipinski definition) is 3. The highest BCUT2D eigenvalue weighted by atomic mass is 35.5. The standard InChI is InChI=1S/C22H22ClN3O/c23-20-11-5-4-10-18(20)16-26-22(27)21-15-19(12-14-25-21)24-13-6-9-17-7-2-1-3-8-17/h1-5,7-8,10-12,14-15H,6,9,13,16H2,(H,24,25)(H,26,27). The SMILES string of the molecule is O=C(NCc1ccccc1Cl)c1cc(NCCCc2ccccc2)ccn1. The van der Waals surface area contributed by atoms with Gasteiger partial charge in [-0.25, -0.2) is 0 Å². The smallest absolute Gasteiger partial charge is 0.270 e. The van der Waals surface area contributed by atoms with Gasteiger partial charge in [0.25, 0.3) is 5.91 Å². The van der Waals surface area contributed by atoms with Gasteiger partial charge in [0.2, 0.25) is 0 Å². The van der Waals surface area contributed by atoms with Gasteiger partial charge in [-0.05, 0) is 42.2 Å². The van der Waals surface area contributed by atoms with Crippen LogP contribution in [0.25, 0.3) is 0 Å². The predicted octanol–water partition coefficient (Wildman–Crippen LogP) is 4.71. The zero-order valence-electron chi connectivity index (χ0n) is 15.0. The molecule has 2 aromatic carbocycles. The van der Waals surface area contributed by atoms with Crippen molar-refractivity contribution in [1.82, 2.24) is 10.3 Å². The van der Waals surface area contributed by atoms with E-state index in [0.29, 0.717) is 17.3 Å². The molecule has 0 saturated heterocycles. The van der Waals surface area contributed by atoms with E-state index in [2.05, 4.69) is 39.9 Å². The molecule has 0 bridgehead atoms. The molecule has 5 heteroatoms. The van der Waals surface area contributed by atoms with Crippen LogP contribution in [0.15, 0.2) is 72.9 Å². The van der Waals surface area contributed by atoms with Crippen molar-refractivity contribution in [3.05, 3.63) is 94.8 Å². The Hall–Kier alpha value is -2.85. The van der Waals surface area contributed by atoms with Gasteiger partial charge < -0.3 is 10.6 Å². The number of aromatic nitrogens is 1. The Bertz CT molecular complexity index is 883. The minimum Gasteiger partial charge on any atom is -0.385 e. The lowest BCUT2D eigenvalue weighted by Crippen LogP contribution is -2.24. The number of carbonyl (C=O) groups is 1. The highest BCUT2D eigenvalue weighted by molar-refractivity contribution is 6.31. The average Bonchev–Trinajstić information content (AvgIpc) is 2.71. The third kappa shape index (κ3) is 5.83. The first-order valence-electron chi connectivity index (χ1n) is 8.98. The molecule has 1 amide bonds. The van der Waals surface area contributed by atoms with E-state index in [4.69, 9.17) is 11.6 Å². The average molecular weight is 380 g/mol. The van der Waals surface area contributed by atoms with Crippen molar-refractivity contribution in [2.24, 2.45) is 0 Å². The number of nitrogens with one attached hydrogen (secondary N) is 2. The molecular formula is C22H22ClN3O. The van der Waals surface area contributed by atoms with Crippen LogP contribution >= 0.6 is 11.6 Å². The molecule has 0 aliphatic heterocycles. The second kappa shape index (κ2) is 9.74. The van der Waals surface area contributed by atoms with Gasteiger partial charge in [-0.3, -0.25) is 9.78 Å². The number of amides is 1. The summed E-state index contributed by atoms with van der Waals surface area (Å²) in [4.78, 5) is 16.5. The minimum absolute atomic E-state index is 0.220.